The van der Waals surface area contributed by atoms with Crippen molar-refractivity contribution < 1.29 is 23.4 Å². The lowest BCUT2D eigenvalue weighted by molar-refractivity contribution is 0.0561. The van der Waals surface area contributed by atoms with Gasteiger partial charge in [0.05, 0.1) is 19.9 Å². The molecule has 3 rings (SSSR count). The predicted molar refractivity (Wildman–Crippen MR) is 111 cm³/mol. The minimum absolute atomic E-state index is 0.102. The Kier molecular flexibility index (Phi) is 6.99. The van der Waals surface area contributed by atoms with Crippen LogP contribution in [0.4, 0.5) is 5.95 Å². The lowest BCUT2D eigenvalue weighted by atomic mass is 10.2. The van der Waals surface area contributed by atoms with Gasteiger partial charge in [0.1, 0.15) is 18.1 Å². The van der Waals surface area contributed by atoms with Gasteiger partial charge in [-0.15, -0.1) is 10.2 Å². The fourth-order valence-electron chi connectivity index (χ4n) is 2.42. The number of hydrazone groups is 1. The number of aromatic amines is 1. The molecule has 0 aliphatic heterocycles. The van der Waals surface area contributed by atoms with Gasteiger partial charge in [-0.2, -0.15) is 5.10 Å². The van der Waals surface area contributed by atoms with E-state index in [9.17, 15) is 9.59 Å². The van der Waals surface area contributed by atoms with Crippen LogP contribution in [-0.4, -0.2) is 41.1 Å². The standard InChI is InChI=1S/C20H21N5O6/c1-4-29-17-9-13(10-21-24-20-22-18(26)12(2)23-25-20)5-7-15(17)30-11-14-6-8-16(31-14)19(27)28-3/h5-10H,4,11H2,1-3H3,(H2,22,24,25,26)/b21-10+. The molecule has 2 N–H and O–H groups in total. The number of methoxy groups -OCH3 is 1. The number of aromatic nitrogens is 3. The zero-order valence-corrected chi connectivity index (χ0v) is 17.2. The van der Waals surface area contributed by atoms with E-state index >= 15 is 0 Å². The normalized spacial score (nSPS) is 10.8. The molecule has 1 aromatic carbocycles. The molecule has 0 radical (unpaired) electrons. The summed E-state index contributed by atoms with van der Waals surface area (Å²) in [5, 5.41) is 11.5. The highest BCUT2D eigenvalue weighted by Crippen LogP contribution is 2.29. The van der Waals surface area contributed by atoms with E-state index in [4.69, 9.17) is 13.9 Å². The summed E-state index contributed by atoms with van der Waals surface area (Å²) in [5.41, 5.74) is 3.25. The molecule has 11 nitrogen and oxygen atoms in total. The zero-order chi connectivity index (χ0) is 22.2. The van der Waals surface area contributed by atoms with Crippen molar-refractivity contribution in [1.82, 2.24) is 15.2 Å². The summed E-state index contributed by atoms with van der Waals surface area (Å²) in [4.78, 5) is 25.5. The molecule has 31 heavy (non-hydrogen) atoms. The van der Waals surface area contributed by atoms with E-state index in [1.165, 1.54) is 19.4 Å². The Balaban J connectivity index is 1.67. The monoisotopic (exact) mass is 427 g/mol. The van der Waals surface area contributed by atoms with Crippen molar-refractivity contribution in [3.63, 3.8) is 0 Å². The third-order valence-electron chi connectivity index (χ3n) is 3.93. The summed E-state index contributed by atoms with van der Waals surface area (Å²) in [5.74, 6) is 1.14. The maximum atomic E-state index is 11.5. The molecule has 0 amide bonds. The topological polar surface area (TPSA) is 141 Å². The fourth-order valence-corrected chi connectivity index (χ4v) is 2.42. The number of anilines is 1. The lowest BCUT2D eigenvalue weighted by Gasteiger charge is -2.11. The van der Waals surface area contributed by atoms with Crippen LogP contribution in [0.2, 0.25) is 0 Å². The number of hydrogen-bond donors (Lipinski definition) is 2. The number of H-pyrrole nitrogens is 1. The van der Waals surface area contributed by atoms with Crippen LogP contribution < -0.4 is 20.5 Å². The van der Waals surface area contributed by atoms with Crippen molar-refractivity contribution in [2.75, 3.05) is 19.1 Å². The van der Waals surface area contributed by atoms with Crippen molar-refractivity contribution in [2.45, 2.75) is 20.5 Å². The van der Waals surface area contributed by atoms with E-state index in [0.717, 1.165) is 5.56 Å². The molecule has 0 fully saturated rings. The molecule has 0 spiro atoms. The number of ether oxygens (including phenoxy) is 3. The summed E-state index contributed by atoms with van der Waals surface area (Å²) in [6, 6.07) is 8.40. The van der Waals surface area contributed by atoms with Crippen LogP contribution in [0.5, 0.6) is 11.5 Å². The Morgan fingerprint density at radius 2 is 2.06 bits per heavy atom. The largest absolute Gasteiger partial charge is 0.490 e. The van der Waals surface area contributed by atoms with Crippen LogP contribution in [0.25, 0.3) is 0 Å². The number of nitrogens with zero attached hydrogens (tertiary/aromatic N) is 3. The first kappa shape index (κ1) is 21.6. The molecule has 0 bridgehead atoms. The highest BCUT2D eigenvalue weighted by Gasteiger charge is 2.12. The molecule has 2 aromatic heterocycles. The molecular formula is C20H21N5O6. The van der Waals surface area contributed by atoms with Crippen molar-refractivity contribution >= 4 is 18.1 Å². The average molecular weight is 427 g/mol. The third-order valence-corrected chi connectivity index (χ3v) is 3.93. The smallest absolute Gasteiger partial charge is 0.373 e. The maximum Gasteiger partial charge on any atom is 0.373 e. The second kappa shape index (κ2) is 10.1. The molecule has 0 unspecified atom stereocenters. The van der Waals surface area contributed by atoms with Gasteiger partial charge in [-0.3, -0.25) is 9.78 Å². The molecule has 2 heterocycles. The van der Waals surface area contributed by atoms with Crippen LogP contribution in [0.1, 0.15) is 34.5 Å². The molecule has 11 heteroatoms. The van der Waals surface area contributed by atoms with Crippen molar-refractivity contribution in [1.29, 1.82) is 0 Å². The van der Waals surface area contributed by atoms with Crippen LogP contribution in [0, 0.1) is 6.92 Å². The second-order valence-corrected chi connectivity index (χ2v) is 6.14. The number of furan rings is 1. The van der Waals surface area contributed by atoms with Gasteiger partial charge in [0, 0.05) is 0 Å². The first-order valence-electron chi connectivity index (χ1n) is 9.29. The van der Waals surface area contributed by atoms with E-state index in [-0.39, 0.29) is 29.6 Å². The number of aryl methyl sites for hydroxylation is 1. The lowest BCUT2D eigenvalue weighted by Crippen LogP contribution is -2.15. The van der Waals surface area contributed by atoms with Gasteiger partial charge in [-0.1, -0.05) is 0 Å². The van der Waals surface area contributed by atoms with E-state index in [1.807, 2.05) is 6.92 Å². The van der Waals surface area contributed by atoms with Crippen LogP contribution in [0.15, 0.2) is 44.6 Å². The number of carbonyl (C=O) groups excluding carboxylic acids is 1. The second-order valence-electron chi connectivity index (χ2n) is 6.14. The van der Waals surface area contributed by atoms with Crippen LogP contribution >= 0.6 is 0 Å². The van der Waals surface area contributed by atoms with Gasteiger partial charge in [0.25, 0.3) is 5.56 Å². The summed E-state index contributed by atoms with van der Waals surface area (Å²) in [6.45, 7) is 3.95. The highest BCUT2D eigenvalue weighted by atomic mass is 16.5. The maximum absolute atomic E-state index is 11.5. The summed E-state index contributed by atoms with van der Waals surface area (Å²) >= 11 is 0. The first-order valence-corrected chi connectivity index (χ1v) is 9.29. The van der Waals surface area contributed by atoms with E-state index in [0.29, 0.717) is 23.9 Å². The quantitative estimate of drug-likeness (QED) is 0.299. The van der Waals surface area contributed by atoms with Crippen LogP contribution in [-0.2, 0) is 11.3 Å². The Labute approximate surface area is 177 Å². The number of rotatable bonds is 9. The average Bonchev–Trinajstić information content (AvgIpc) is 3.24. The fraction of sp³-hybridized carbons (Fsp3) is 0.250. The van der Waals surface area contributed by atoms with E-state index in [1.54, 1.807) is 31.2 Å². The third kappa shape index (κ3) is 5.69. The van der Waals surface area contributed by atoms with Gasteiger partial charge in [0.15, 0.2) is 11.5 Å². The van der Waals surface area contributed by atoms with E-state index in [2.05, 4.69) is 30.4 Å². The van der Waals surface area contributed by atoms with Crippen molar-refractivity contribution in [3.05, 3.63) is 63.5 Å². The molecule has 0 aliphatic rings. The number of benzene rings is 1. The van der Waals surface area contributed by atoms with Gasteiger partial charge in [-0.05, 0) is 49.7 Å². The minimum Gasteiger partial charge on any atom is -0.490 e. The molecular weight excluding hydrogens is 406 g/mol. The number of hydrogen-bond acceptors (Lipinski definition) is 10. The first-order chi connectivity index (χ1) is 15.0. The van der Waals surface area contributed by atoms with Crippen molar-refractivity contribution in [2.24, 2.45) is 5.10 Å². The Morgan fingerprint density at radius 3 is 2.81 bits per heavy atom. The Hall–Kier alpha value is -4.15. The summed E-state index contributed by atoms with van der Waals surface area (Å²) in [7, 11) is 1.28. The molecule has 0 saturated heterocycles. The summed E-state index contributed by atoms with van der Waals surface area (Å²) in [6.07, 6.45) is 1.53. The Morgan fingerprint density at radius 1 is 1.23 bits per heavy atom. The summed E-state index contributed by atoms with van der Waals surface area (Å²) < 4.78 is 21.4. The van der Waals surface area contributed by atoms with E-state index < -0.39 is 5.97 Å². The Bertz CT molecular complexity index is 1140. The molecule has 0 saturated carbocycles. The van der Waals surface area contributed by atoms with Gasteiger partial charge in [-0.25, -0.2) is 10.2 Å². The SMILES string of the molecule is CCOc1cc(/C=N/Nc2nnc(C)c(=O)[nH]2)ccc1OCc1ccc(C(=O)OC)o1. The molecule has 0 aliphatic carbocycles. The minimum atomic E-state index is -0.556. The number of carbonyl (C=O) groups is 1. The highest BCUT2D eigenvalue weighted by molar-refractivity contribution is 5.86. The van der Waals surface area contributed by atoms with Gasteiger partial charge in [0.2, 0.25) is 11.7 Å². The molecule has 3 aromatic rings. The van der Waals surface area contributed by atoms with Gasteiger partial charge < -0.3 is 18.6 Å². The number of nitrogens with one attached hydrogen (secondary N) is 2. The number of esters is 1. The molecule has 0 atom stereocenters. The van der Waals surface area contributed by atoms with Crippen molar-refractivity contribution in [3.8, 4) is 11.5 Å². The molecule has 162 valence electrons. The zero-order valence-electron chi connectivity index (χ0n) is 17.2. The van der Waals surface area contributed by atoms with Crippen LogP contribution in [0.3, 0.4) is 0 Å². The predicted octanol–water partition coefficient (Wildman–Crippen LogP) is 2.28. The van der Waals surface area contributed by atoms with Gasteiger partial charge >= 0.3 is 5.97 Å².